The van der Waals surface area contributed by atoms with E-state index < -0.39 is 16.0 Å². The van der Waals surface area contributed by atoms with E-state index in [1.165, 1.54) is 22.7 Å². The van der Waals surface area contributed by atoms with Crippen molar-refractivity contribution < 1.29 is 18.1 Å². The first kappa shape index (κ1) is 17.4. The van der Waals surface area contributed by atoms with E-state index in [2.05, 4.69) is 15.4 Å². The number of aliphatic hydroxyl groups excluding tert-OH is 1. The Kier molecular flexibility index (Phi) is 5.71. The van der Waals surface area contributed by atoms with E-state index in [1.807, 2.05) is 0 Å². The van der Waals surface area contributed by atoms with Crippen molar-refractivity contribution in [3.63, 3.8) is 0 Å². The van der Waals surface area contributed by atoms with E-state index in [1.54, 1.807) is 40.7 Å². The minimum atomic E-state index is -4.20. The molecule has 0 fully saturated rings. The van der Waals surface area contributed by atoms with E-state index in [-0.39, 0.29) is 12.2 Å². The molecule has 0 saturated heterocycles. The molecule has 0 radical (unpaired) electrons. The van der Waals surface area contributed by atoms with E-state index >= 15 is 0 Å². The van der Waals surface area contributed by atoms with Crippen LogP contribution in [-0.2, 0) is 22.6 Å². The van der Waals surface area contributed by atoms with Crippen LogP contribution in [0.25, 0.3) is 0 Å². The standard InChI is InChI=1S/C12H15N5O4S2/c1-22-17-7-6-16(9-23(19,20)21)12(17)14-15-13-11-4-2-10(8-18)3-5-11/h2-7,18H,8-9H2,1H3,(H,19,20,21)/b14-12-,15-13+. The van der Waals surface area contributed by atoms with Crippen molar-refractivity contribution in [2.45, 2.75) is 12.5 Å². The van der Waals surface area contributed by atoms with Crippen molar-refractivity contribution in [3.05, 3.63) is 47.8 Å². The maximum absolute atomic E-state index is 11.0. The predicted molar refractivity (Wildman–Crippen MR) is 85.3 cm³/mol. The molecule has 2 N–H and O–H groups in total. The maximum Gasteiger partial charge on any atom is 0.283 e. The van der Waals surface area contributed by atoms with Crippen LogP contribution in [0.1, 0.15) is 5.56 Å². The highest BCUT2D eigenvalue weighted by molar-refractivity contribution is 7.97. The van der Waals surface area contributed by atoms with Gasteiger partial charge in [0.2, 0.25) is 5.62 Å². The normalized spacial score (nSPS) is 13.1. The zero-order valence-corrected chi connectivity index (χ0v) is 13.8. The van der Waals surface area contributed by atoms with Gasteiger partial charge in [0.15, 0.2) is 5.88 Å². The zero-order chi connectivity index (χ0) is 16.9. The number of rotatable bonds is 6. The molecule has 23 heavy (non-hydrogen) atoms. The number of nitrogens with zero attached hydrogens (tertiary/aromatic N) is 5. The Morgan fingerprint density at radius 1 is 1.22 bits per heavy atom. The van der Waals surface area contributed by atoms with Crippen LogP contribution in [0.3, 0.4) is 0 Å². The molecule has 0 amide bonds. The van der Waals surface area contributed by atoms with Crippen molar-refractivity contribution in [1.82, 2.24) is 8.54 Å². The molecule has 2 aromatic rings. The van der Waals surface area contributed by atoms with Crippen molar-refractivity contribution in [2.75, 3.05) is 6.26 Å². The van der Waals surface area contributed by atoms with Crippen LogP contribution in [0.4, 0.5) is 5.69 Å². The minimum absolute atomic E-state index is 0.0569. The first-order valence-corrected chi connectivity index (χ1v) is 9.14. The van der Waals surface area contributed by atoms with Crippen LogP contribution < -0.4 is 5.62 Å². The third-order valence-electron chi connectivity index (χ3n) is 2.75. The van der Waals surface area contributed by atoms with Gasteiger partial charge in [0, 0.05) is 18.6 Å². The molecule has 1 heterocycles. The lowest BCUT2D eigenvalue weighted by Crippen LogP contribution is -2.25. The molecule has 0 aliphatic heterocycles. The molecule has 0 bridgehead atoms. The molecule has 2 rings (SSSR count). The second-order valence-electron chi connectivity index (χ2n) is 4.40. The molecule has 1 aromatic heterocycles. The average molecular weight is 357 g/mol. The summed E-state index contributed by atoms with van der Waals surface area (Å²) < 4.78 is 33.8. The van der Waals surface area contributed by atoms with Gasteiger partial charge in [-0.3, -0.25) is 13.1 Å². The molecular formula is C12H15N5O4S2. The van der Waals surface area contributed by atoms with Gasteiger partial charge in [-0.25, -0.2) is 0 Å². The molecule has 0 saturated carbocycles. The molecule has 1 aromatic carbocycles. The van der Waals surface area contributed by atoms with Gasteiger partial charge in [0.05, 0.1) is 12.3 Å². The quantitative estimate of drug-likeness (QED) is 0.459. The van der Waals surface area contributed by atoms with E-state index in [4.69, 9.17) is 9.66 Å². The van der Waals surface area contributed by atoms with Crippen LogP contribution >= 0.6 is 11.9 Å². The monoisotopic (exact) mass is 357 g/mol. The fourth-order valence-corrected chi connectivity index (χ4v) is 2.74. The second-order valence-corrected chi connectivity index (χ2v) is 6.58. The van der Waals surface area contributed by atoms with Gasteiger partial charge in [-0.05, 0) is 34.9 Å². The molecule has 11 heteroatoms. The lowest BCUT2D eigenvalue weighted by atomic mass is 10.2. The molecule has 0 spiro atoms. The number of aromatic nitrogens is 2. The van der Waals surface area contributed by atoms with Crippen molar-refractivity contribution in [2.24, 2.45) is 15.4 Å². The molecule has 0 aliphatic carbocycles. The van der Waals surface area contributed by atoms with Gasteiger partial charge in [0.25, 0.3) is 10.1 Å². The number of imidazole rings is 1. The average Bonchev–Trinajstić information content (AvgIpc) is 2.88. The van der Waals surface area contributed by atoms with Crippen molar-refractivity contribution >= 4 is 27.8 Å². The molecule has 0 unspecified atom stereocenters. The topological polar surface area (TPSA) is 122 Å². The predicted octanol–water partition coefficient (Wildman–Crippen LogP) is 1.35. The first-order chi connectivity index (χ1) is 10.9. The summed E-state index contributed by atoms with van der Waals surface area (Å²) in [5.74, 6) is -0.625. The Morgan fingerprint density at radius 2 is 1.91 bits per heavy atom. The second kappa shape index (κ2) is 7.55. The number of hydrogen-bond donors (Lipinski definition) is 2. The summed E-state index contributed by atoms with van der Waals surface area (Å²) in [7, 11) is -4.20. The largest absolute Gasteiger partial charge is 0.392 e. The van der Waals surface area contributed by atoms with Gasteiger partial charge in [-0.2, -0.15) is 8.42 Å². The molecule has 9 nitrogen and oxygen atoms in total. The smallest absolute Gasteiger partial charge is 0.283 e. The number of benzene rings is 1. The highest BCUT2D eigenvalue weighted by Crippen LogP contribution is 2.13. The van der Waals surface area contributed by atoms with Crippen LogP contribution in [0.15, 0.2) is 52.1 Å². The number of aliphatic hydroxyl groups is 1. The SMILES string of the molecule is CSn1ccn(CS(=O)(=O)O)/c1=N/N=N/c1ccc(CO)cc1. The molecular weight excluding hydrogens is 342 g/mol. The van der Waals surface area contributed by atoms with E-state index in [0.29, 0.717) is 5.69 Å². The van der Waals surface area contributed by atoms with Gasteiger partial charge < -0.3 is 5.11 Å². The van der Waals surface area contributed by atoms with Gasteiger partial charge >= 0.3 is 0 Å². The van der Waals surface area contributed by atoms with Gasteiger partial charge in [0.1, 0.15) is 0 Å². The summed E-state index contributed by atoms with van der Waals surface area (Å²) >= 11 is 1.29. The first-order valence-electron chi connectivity index (χ1n) is 6.35. The fraction of sp³-hybridized carbons (Fsp3) is 0.250. The summed E-state index contributed by atoms with van der Waals surface area (Å²) in [6.45, 7) is -0.0569. The number of hydrogen-bond acceptors (Lipinski definition) is 6. The van der Waals surface area contributed by atoms with Crippen molar-refractivity contribution in [1.29, 1.82) is 0 Å². The Bertz CT molecular complexity index is 852. The molecule has 0 atom stereocenters. The maximum atomic E-state index is 11.0. The Balaban J connectivity index is 2.30. The third kappa shape index (κ3) is 5.03. The summed E-state index contributed by atoms with van der Waals surface area (Å²) in [6.07, 6.45) is 4.84. The molecule has 0 aliphatic rings. The summed E-state index contributed by atoms with van der Waals surface area (Å²) in [4.78, 5) is 0. The lowest BCUT2D eigenvalue weighted by molar-refractivity contribution is 0.282. The summed E-state index contributed by atoms with van der Waals surface area (Å²) in [5, 5.41) is 20.5. The van der Waals surface area contributed by atoms with Crippen LogP contribution in [-0.4, -0.2) is 32.9 Å². The Labute approximate surface area is 136 Å². The van der Waals surface area contributed by atoms with E-state index in [0.717, 1.165) is 5.56 Å². The van der Waals surface area contributed by atoms with Gasteiger partial charge in [-0.1, -0.05) is 17.2 Å². The van der Waals surface area contributed by atoms with Gasteiger partial charge in [-0.15, -0.1) is 5.11 Å². The van der Waals surface area contributed by atoms with E-state index in [9.17, 15) is 8.42 Å². The summed E-state index contributed by atoms with van der Waals surface area (Å²) in [6, 6.07) is 6.75. The zero-order valence-electron chi connectivity index (χ0n) is 12.1. The van der Waals surface area contributed by atoms with Crippen molar-refractivity contribution in [3.8, 4) is 0 Å². The lowest BCUT2D eigenvalue weighted by Gasteiger charge is -2.00. The minimum Gasteiger partial charge on any atom is -0.392 e. The van der Waals surface area contributed by atoms with Crippen LogP contribution in [0, 0.1) is 0 Å². The van der Waals surface area contributed by atoms with Crippen LogP contribution in [0.2, 0.25) is 0 Å². The van der Waals surface area contributed by atoms with Crippen LogP contribution in [0.5, 0.6) is 0 Å². The highest BCUT2D eigenvalue weighted by Gasteiger charge is 2.09. The Hall–Kier alpha value is -1.95. The molecule has 124 valence electrons. The fourth-order valence-electron chi connectivity index (χ4n) is 1.70. The third-order valence-corrected chi connectivity index (χ3v) is 4.03. The highest BCUT2D eigenvalue weighted by atomic mass is 32.2. The Morgan fingerprint density at radius 3 is 2.48 bits per heavy atom. The summed E-state index contributed by atoms with van der Waals surface area (Å²) in [5.41, 5.74) is 1.50.